The standard InChI is InChI=1S/C23H31N3O3/c1-23(21(28)24-22(29)25-23)15-20(27)26-13-11-19(12-14-26)18-9-7-17(8-10-18)16-5-3-2-4-6-16/h7-10,16,19H,2-6,11-15H2,1H3,(H2,24,25,28,29). The average Bonchev–Trinajstić information content (AvgIpc) is 2.99. The van der Waals surface area contributed by atoms with Gasteiger partial charge in [0.2, 0.25) is 5.91 Å². The van der Waals surface area contributed by atoms with Crippen LogP contribution < -0.4 is 10.6 Å². The first kappa shape index (κ1) is 19.9. The van der Waals surface area contributed by atoms with Crippen LogP contribution >= 0.6 is 0 Å². The van der Waals surface area contributed by atoms with Gasteiger partial charge in [-0.1, -0.05) is 43.5 Å². The molecule has 1 unspecified atom stereocenters. The van der Waals surface area contributed by atoms with Crippen LogP contribution in [-0.4, -0.2) is 41.4 Å². The molecule has 1 aromatic rings. The van der Waals surface area contributed by atoms with E-state index in [1.54, 1.807) is 6.92 Å². The van der Waals surface area contributed by atoms with Gasteiger partial charge in [-0.25, -0.2) is 4.79 Å². The van der Waals surface area contributed by atoms with Crippen LogP contribution in [0.25, 0.3) is 0 Å². The van der Waals surface area contributed by atoms with E-state index in [0.29, 0.717) is 19.0 Å². The van der Waals surface area contributed by atoms with Crippen LogP contribution in [0.15, 0.2) is 24.3 Å². The van der Waals surface area contributed by atoms with Crippen molar-refractivity contribution in [3.8, 4) is 0 Å². The van der Waals surface area contributed by atoms with Crippen LogP contribution in [0.1, 0.15) is 81.3 Å². The third-order valence-electron chi connectivity index (χ3n) is 6.95. The lowest BCUT2D eigenvalue weighted by atomic mass is 9.82. The summed E-state index contributed by atoms with van der Waals surface area (Å²) in [5, 5.41) is 4.78. The first-order valence-corrected chi connectivity index (χ1v) is 11.0. The molecule has 29 heavy (non-hydrogen) atoms. The van der Waals surface area contributed by atoms with Crippen molar-refractivity contribution in [2.24, 2.45) is 0 Å². The predicted molar refractivity (Wildman–Crippen MR) is 111 cm³/mol. The van der Waals surface area contributed by atoms with Gasteiger partial charge in [0, 0.05) is 13.1 Å². The number of nitrogens with zero attached hydrogens (tertiary/aromatic N) is 1. The Morgan fingerprint density at radius 2 is 1.52 bits per heavy atom. The number of piperidine rings is 1. The van der Waals surface area contributed by atoms with Crippen molar-refractivity contribution in [2.45, 2.75) is 75.7 Å². The Morgan fingerprint density at radius 1 is 0.966 bits per heavy atom. The van der Waals surface area contributed by atoms with Gasteiger partial charge in [0.05, 0.1) is 6.42 Å². The fourth-order valence-electron chi connectivity index (χ4n) is 5.06. The first-order chi connectivity index (χ1) is 13.9. The van der Waals surface area contributed by atoms with Crippen molar-refractivity contribution in [1.82, 2.24) is 15.5 Å². The number of carbonyl (C=O) groups is 3. The lowest BCUT2D eigenvalue weighted by Crippen LogP contribution is -2.49. The highest BCUT2D eigenvalue weighted by Gasteiger charge is 2.44. The molecular formula is C23H31N3O3. The lowest BCUT2D eigenvalue weighted by Gasteiger charge is -2.34. The Bertz CT molecular complexity index is 777. The van der Waals surface area contributed by atoms with Gasteiger partial charge in [0.25, 0.3) is 5.91 Å². The van der Waals surface area contributed by atoms with E-state index in [2.05, 4.69) is 34.9 Å². The molecule has 156 valence electrons. The number of hydrogen-bond donors (Lipinski definition) is 2. The van der Waals surface area contributed by atoms with Gasteiger partial charge in [-0.2, -0.15) is 0 Å². The number of imide groups is 1. The maximum Gasteiger partial charge on any atom is 0.322 e. The molecule has 0 bridgehead atoms. The Morgan fingerprint density at radius 3 is 2.03 bits per heavy atom. The molecule has 2 aliphatic heterocycles. The van der Waals surface area contributed by atoms with E-state index < -0.39 is 17.5 Å². The molecule has 6 nitrogen and oxygen atoms in total. The third kappa shape index (κ3) is 4.31. The highest BCUT2D eigenvalue weighted by Crippen LogP contribution is 2.34. The fraction of sp³-hybridized carbons (Fsp3) is 0.609. The Hall–Kier alpha value is -2.37. The van der Waals surface area contributed by atoms with E-state index in [-0.39, 0.29) is 12.3 Å². The van der Waals surface area contributed by atoms with Gasteiger partial charge in [0.1, 0.15) is 5.54 Å². The van der Waals surface area contributed by atoms with Crippen LogP contribution in [0, 0.1) is 0 Å². The largest absolute Gasteiger partial charge is 0.343 e. The molecule has 3 aliphatic rings. The quantitative estimate of drug-likeness (QED) is 0.764. The Balaban J connectivity index is 1.30. The second-order valence-electron chi connectivity index (χ2n) is 9.07. The third-order valence-corrected chi connectivity index (χ3v) is 6.95. The number of hydrogen-bond acceptors (Lipinski definition) is 3. The number of benzene rings is 1. The van der Waals surface area contributed by atoms with Crippen LogP contribution in [-0.2, 0) is 9.59 Å². The van der Waals surface area contributed by atoms with Gasteiger partial charge in [-0.3, -0.25) is 14.9 Å². The summed E-state index contributed by atoms with van der Waals surface area (Å²) in [6.07, 6.45) is 8.59. The highest BCUT2D eigenvalue weighted by atomic mass is 16.2. The summed E-state index contributed by atoms with van der Waals surface area (Å²) >= 11 is 0. The van der Waals surface area contributed by atoms with E-state index in [1.807, 2.05) is 4.90 Å². The zero-order valence-electron chi connectivity index (χ0n) is 17.2. The fourth-order valence-corrected chi connectivity index (χ4v) is 5.06. The van der Waals surface area contributed by atoms with Crippen LogP contribution in [0.5, 0.6) is 0 Å². The van der Waals surface area contributed by atoms with Crippen molar-refractivity contribution in [3.63, 3.8) is 0 Å². The molecule has 6 heteroatoms. The number of rotatable bonds is 4. The normalized spacial score (nSPS) is 26.3. The second-order valence-corrected chi connectivity index (χ2v) is 9.07. The van der Waals surface area contributed by atoms with Gasteiger partial charge in [-0.15, -0.1) is 0 Å². The highest BCUT2D eigenvalue weighted by molar-refractivity contribution is 6.08. The Labute approximate surface area is 172 Å². The van der Waals surface area contributed by atoms with Crippen molar-refractivity contribution in [3.05, 3.63) is 35.4 Å². The molecule has 1 aromatic carbocycles. The van der Waals surface area contributed by atoms with Crippen LogP contribution in [0.4, 0.5) is 4.79 Å². The zero-order valence-corrected chi connectivity index (χ0v) is 17.2. The lowest BCUT2D eigenvalue weighted by molar-refractivity contribution is -0.137. The molecule has 1 saturated carbocycles. The second kappa shape index (κ2) is 8.17. The van der Waals surface area contributed by atoms with E-state index in [9.17, 15) is 14.4 Å². The molecule has 2 heterocycles. The number of carbonyl (C=O) groups excluding carboxylic acids is 3. The van der Waals surface area contributed by atoms with Crippen molar-refractivity contribution in [2.75, 3.05) is 13.1 Å². The minimum Gasteiger partial charge on any atom is -0.343 e. The molecule has 0 aromatic heterocycles. The summed E-state index contributed by atoms with van der Waals surface area (Å²) in [6, 6.07) is 8.66. The van der Waals surface area contributed by atoms with Gasteiger partial charge in [0.15, 0.2) is 0 Å². The average molecular weight is 398 g/mol. The topological polar surface area (TPSA) is 78.5 Å². The maximum absolute atomic E-state index is 12.7. The van der Waals surface area contributed by atoms with Gasteiger partial charge >= 0.3 is 6.03 Å². The van der Waals surface area contributed by atoms with Gasteiger partial charge in [-0.05, 0) is 55.6 Å². The molecule has 4 rings (SSSR count). The van der Waals surface area contributed by atoms with E-state index >= 15 is 0 Å². The molecule has 3 fully saturated rings. The summed E-state index contributed by atoms with van der Waals surface area (Å²) in [6.45, 7) is 2.99. The number of likely N-dealkylation sites (tertiary alicyclic amines) is 1. The SMILES string of the molecule is CC1(CC(=O)N2CCC(c3ccc(C4CCCCC4)cc3)CC2)NC(=O)NC1=O. The molecule has 0 spiro atoms. The molecule has 0 radical (unpaired) electrons. The van der Waals surface area contributed by atoms with Gasteiger partial charge < -0.3 is 10.2 Å². The maximum atomic E-state index is 12.7. The molecule has 2 saturated heterocycles. The molecular weight excluding hydrogens is 366 g/mol. The first-order valence-electron chi connectivity index (χ1n) is 11.0. The summed E-state index contributed by atoms with van der Waals surface area (Å²) < 4.78 is 0. The molecule has 4 amide bonds. The zero-order chi connectivity index (χ0) is 20.4. The van der Waals surface area contributed by atoms with E-state index in [0.717, 1.165) is 18.8 Å². The van der Waals surface area contributed by atoms with Crippen molar-refractivity contribution >= 4 is 17.8 Å². The monoisotopic (exact) mass is 397 g/mol. The minimum absolute atomic E-state index is 0.00528. The smallest absolute Gasteiger partial charge is 0.322 e. The number of urea groups is 1. The molecule has 1 aliphatic carbocycles. The van der Waals surface area contributed by atoms with Crippen molar-refractivity contribution < 1.29 is 14.4 Å². The van der Waals surface area contributed by atoms with E-state index in [4.69, 9.17) is 0 Å². The minimum atomic E-state index is -1.14. The summed E-state index contributed by atoms with van der Waals surface area (Å²) in [4.78, 5) is 37.8. The van der Waals surface area contributed by atoms with Crippen molar-refractivity contribution in [1.29, 1.82) is 0 Å². The summed E-state index contributed by atoms with van der Waals surface area (Å²) in [7, 11) is 0. The summed E-state index contributed by atoms with van der Waals surface area (Å²) in [5.74, 6) is 0.705. The van der Waals surface area contributed by atoms with E-state index in [1.165, 1.54) is 43.2 Å². The Kier molecular flexibility index (Phi) is 5.61. The van der Waals surface area contributed by atoms with Crippen LogP contribution in [0.3, 0.4) is 0 Å². The molecule has 1 atom stereocenters. The number of amides is 4. The summed E-state index contributed by atoms with van der Waals surface area (Å²) in [5.41, 5.74) is 1.71. The number of nitrogens with one attached hydrogen (secondary N) is 2. The molecule has 2 N–H and O–H groups in total. The predicted octanol–water partition coefficient (Wildman–Crippen LogP) is 3.43. The van der Waals surface area contributed by atoms with Crippen LogP contribution in [0.2, 0.25) is 0 Å².